The molecule has 1 heterocycles. The molecule has 1 aromatic rings. The van der Waals surface area contributed by atoms with E-state index in [0.29, 0.717) is 13.2 Å². The van der Waals surface area contributed by atoms with Crippen LogP contribution in [-0.2, 0) is 16.1 Å². The van der Waals surface area contributed by atoms with E-state index in [2.05, 4.69) is 4.98 Å². The Hall–Kier alpha value is -1.85. The monoisotopic (exact) mass is 282 g/mol. The van der Waals surface area contributed by atoms with Gasteiger partial charge in [0.05, 0.1) is 6.61 Å². The van der Waals surface area contributed by atoms with Crippen molar-refractivity contribution in [3.05, 3.63) is 33.1 Å². The van der Waals surface area contributed by atoms with Gasteiger partial charge in [-0.05, 0) is 12.8 Å². The number of aromatic amines is 1. The topological polar surface area (TPSA) is 81.2 Å². The van der Waals surface area contributed by atoms with Crippen molar-refractivity contribution in [2.45, 2.75) is 52.0 Å². The molecule has 0 aliphatic heterocycles. The number of hydrogen-bond donors (Lipinski definition) is 1. The summed E-state index contributed by atoms with van der Waals surface area (Å²) in [5, 5.41) is 0. The zero-order valence-electron chi connectivity index (χ0n) is 11.9. The molecule has 0 amide bonds. The van der Waals surface area contributed by atoms with E-state index >= 15 is 0 Å². The maximum Gasteiger partial charge on any atom is 0.328 e. The Bertz CT molecular complexity index is 490. The molecule has 1 aromatic heterocycles. The Morgan fingerprint density at radius 1 is 1.15 bits per heavy atom. The molecule has 0 saturated heterocycles. The largest absolute Gasteiger partial charge is 0.466 e. The molecule has 0 radical (unpaired) electrons. The van der Waals surface area contributed by atoms with Gasteiger partial charge in [0.15, 0.2) is 0 Å². The van der Waals surface area contributed by atoms with Crippen LogP contribution in [0, 0.1) is 0 Å². The van der Waals surface area contributed by atoms with E-state index in [0.717, 1.165) is 38.5 Å². The number of carbonyl (C=O) groups is 1. The lowest BCUT2D eigenvalue weighted by Gasteiger charge is -2.04. The molecule has 0 bridgehead atoms. The van der Waals surface area contributed by atoms with Crippen LogP contribution >= 0.6 is 0 Å². The van der Waals surface area contributed by atoms with Crippen molar-refractivity contribution in [3.8, 4) is 0 Å². The second-order valence-electron chi connectivity index (χ2n) is 4.73. The SMILES string of the molecule is CC(=O)OCCCCCCCCn1c(=O)cc[nH]c1=O. The highest BCUT2D eigenvalue weighted by molar-refractivity contribution is 5.65. The summed E-state index contributed by atoms with van der Waals surface area (Å²) in [7, 11) is 0. The predicted molar refractivity (Wildman–Crippen MR) is 75.7 cm³/mol. The van der Waals surface area contributed by atoms with Gasteiger partial charge in [-0.15, -0.1) is 0 Å². The lowest BCUT2D eigenvalue weighted by atomic mass is 10.1. The number of H-pyrrole nitrogens is 1. The van der Waals surface area contributed by atoms with Gasteiger partial charge in [-0.25, -0.2) is 4.79 Å². The van der Waals surface area contributed by atoms with Crippen LogP contribution in [0.2, 0.25) is 0 Å². The van der Waals surface area contributed by atoms with Crippen molar-refractivity contribution >= 4 is 5.97 Å². The second-order valence-corrected chi connectivity index (χ2v) is 4.73. The zero-order valence-corrected chi connectivity index (χ0v) is 11.9. The van der Waals surface area contributed by atoms with Crippen LogP contribution in [0.5, 0.6) is 0 Å². The lowest BCUT2D eigenvalue weighted by Crippen LogP contribution is -2.33. The first-order valence-corrected chi connectivity index (χ1v) is 7.03. The molecule has 112 valence electrons. The summed E-state index contributed by atoms with van der Waals surface area (Å²) < 4.78 is 6.06. The van der Waals surface area contributed by atoms with Gasteiger partial charge in [0.25, 0.3) is 5.56 Å². The van der Waals surface area contributed by atoms with E-state index in [1.165, 1.54) is 23.8 Å². The van der Waals surface area contributed by atoms with Gasteiger partial charge in [0.1, 0.15) is 0 Å². The molecule has 0 aromatic carbocycles. The van der Waals surface area contributed by atoms with E-state index in [1.54, 1.807) is 0 Å². The first kappa shape index (κ1) is 16.2. The maximum atomic E-state index is 11.4. The minimum Gasteiger partial charge on any atom is -0.466 e. The molecule has 0 saturated carbocycles. The Morgan fingerprint density at radius 3 is 2.45 bits per heavy atom. The Balaban J connectivity index is 2.07. The summed E-state index contributed by atoms with van der Waals surface area (Å²) in [6, 6.07) is 1.36. The van der Waals surface area contributed by atoms with Crippen LogP contribution in [-0.4, -0.2) is 22.1 Å². The van der Waals surface area contributed by atoms with E-state index < -0.39 is 0 Å². The molecule has 0 unspecified atom stereocenters. The molecule has 1 N–H and O–H groups in total. The summed E-state index contributed by atoms with van der Waals surface area (Å²) in [6.45, 7) is 2.36. The molecule has 0 spiro atoms. The van der Waals surface area contributed by atoms with Crippen LogP contribution in [0.3, 0.4) is 0 Å². The molecule has 0 aliphatic carbocycles. The van der Waals surface area contributed by atoms with Crippen LogP contribution < -0.4 is 11.2 Å². The molecule has 6 heteroatoms. The predicted octanol–water partition coefficient (Wildman–Crippen LogP) is 1.44. The fourth-order valence-corrected chi connectivity index (χ4v) is 1.96. The number of esters is 1. The second kappa shape index (κ2) is 9.12. The van der Waals surface area contributed by atoms with Crippen molar-refractivity contribution in [2.75, 3.05) is 6.61 Å². The first-order chi connectivity index (χ1) is 9.61. The van der Waals surface area contributed by atoms with Crippen molar-refractivity contribution in [1.29, 1.82) is 0 Å². The number of hydrogen-bond acceptors (Lipinski definition) is 4. The molecule has 1 rings (SSSR count). The number of nitrogens with zero attached hydrogens (tertiary/aromatic N) is 1. The third kappa shape index (κ3) is 6.36. The minimum atomic E-state index is -0.348. The van der Waals surface area contributed by atoms with Gasteiger partial charge < -0.3 is 9.72 Å². The highest BCUT2D eigenvalue weighted by atomic mass is 16.5. The maximum absolute atomic E-state index is 11.4. The van der Waals surface area contributed by atoms with E-state index in [4.69, 9.17) is 4.74 Å². The highest BCUT2D eigenvalue weighted by Gasteiger charge is 1.99. The van der Waals surface area contributed by atoms with Gasteiger partial charge in [-0.3, -0.25) is 14.2 Å². The van der Waals surface area contributed by atoms with Crippen LogP contribution in [0.25, 0.3) is 0 Å². The molecule has 6 nitrogen and oxygen atoms in total. The van der Waals surface area contributed by atoms with E-state index in [-0.39, 0.29) is 17.2 Å². The summed E-state index contributed by atoms with van der Waals surface area (Å²) in [5.41, 5.74) is -0.603. The van der Waals surface area contributed by atoms with Crippen LogP contribution in [0.15, 0.2) is 21.9 Å². The Kier molecular flexibility index (Phi) is 7.39. The van der Waals surface area contributed by atoms with E-state index in [1.807, 2.05) is 0 Å². The third-order valence-corrected chi connectivity index (χ3v) is 3.03. The molecular formula is C14H22N2O4. The number of ether oxygens (including phenoxy) is 1. The normalized spacial score (nSPS) is 10.4. The Labute approximate surface area is 117 Å². The molecule has 0 fully saturated rings. The van der Waals surface area contributed by atoms with Crippen molar-refractivity contribution in [2.24, 2.45) is 0 Å². The smallest absolute Gasteiger partial charge is 0.328 e. The number of nitrogens with one attached hydrogen (secondary N) is 1. The van der Waals surface area contributed by atoms with Gasteiger partial charge in [0.2, 0.25) is 0 Å². The van der Waals surface area contributed by atoms with Gasteiger partial charge in [-0.1, -0.05) is 25.7 Å². The minimum absolute atomic E-state index is 0.233. The average Bonchev–Trinajstić information content (AvgIpc) is 2.39. The summed E-state index contributed by atoms with van der Waals surface area (Å²) in [5.74, 6) is -0.233. The molecule has 0 atom stereocenters. The lowest BCUT2D eigenvalue weighted by molar-refractivity contribution is -0.141. The summed E-state index contributed by atoms with van der Waals surface area (Å²) in [6.07, 6.45) is 7.20. The quantitative estimate of drug-likeness (QED) is 0.549. The number of aromatic nitrogens is 2. The molecule has 0 aliphatic rings. The zero-order chi connectivity index (χ0) is 14.8. The standard InChI is InChI=1S/C14H22N2O4/c1-12(17)20-11-7-5-3-2-4-6-10-16-13(18)8-9-15-14(16)19/h8-9H,2-7,10-11H2,1H3,(H,15,19). The summed E-state index contributed by atoms with van der Waals surface area (Å²) in [4.78, 5) is 35.9. The highest BCUT2D eigenvalue weighted by Crippen LogP contribution is 2.05. The van der Waals surface area contributed by atoms with E-state index in [9.17, 15) is 14.4 Å². The van der Waals surface area contributed by atoms with Gasteiger partial charge >= 0.3 is 11.7 Å². The summed E-state index contributed by atoms with van der Waals surface area (Å²) >= 11 is 0. The van der Waals surface area contributed by atoms with Crippen LogP contribution in [0.1, 0.15) is 45.4 Å². The molecular weight excluding hydrogens is 260 g/mol. The fraction of sp³-hybridized carbons (Fsp3) is 0.643. The Morgan fingerprint density at radius 2 is 1.80 bits per heavy atom. The molecule has 20 heavy (non-hydrogen) atoms. The van der Waals surface area contributed by atoms with Crippen molar-refractivity contribution < 1.29 is 9.53 Å². The van der Waals surface area contributed by atoms with Gasteiger partial charge in [0, 0.05) is 25.7 Å². The van der Waals surface area contributed by atoms with Crippen molar-refractivity contribution in [3.63, 3.8) is 0 Å². The average molecular weight is 282 g/mol. The number of unbranched alkanes of at least 4 members (excludes halogenated alkanes) is 5. The third-order valence-electron chi connectivity index (χ3n) is 3.03. The van der Waals surface area contributed by atoms with Crippen LogP contribution in [0.4, 0.5) is 0 Å². The number of rotatable bonds is 9. The number of carbonyl (C=O) groups excluding carboxylic acids is 1. The fourth-order valence-electron chi connectivity index (χ4n) is 1.96. The van der Waals surface area contributed by atoms with Crippen molar-refractivity contribution in [1.82, 2.24) is 9.55 Å². The van der Waals surface area contributed by atoms with Gasteiger partial charge in [-0.2, -0.15) is 0 Å². The first-order valence-electron chi connectivity index (χ1n) is 7.03.